The number of hydrogen-bond acceptors (Lipinski definition) is 2. The lowest BCUT2D eigenvalue weighted by atomic mass is 10.2. The molecule has 0 saturated heterocycles. The number of thiophene rings is 1. The summed E-state index contributed by atoms with van der Waals surface area (Å²) < 4.78 is -1.45. The van der Waals surface area contributed by atoms with E-state index in [1.165, 1.54) is 4.88 Å². The number of carbonyl (C=O) groups is 1. The first kappa shape index (κ1) is 15.6. The second kappa shape index (κ2) is 6.35. The third kappa shape index (κ3) is 4.38. The van der Waals surface area contributed by atoms with Gasteiger partial charge in [-0.3, -0.25) is 4.79 Å². The standard InChI is InChI=1S/C14H12Cl3NOS/c1-9-2-7-12(20-9)8-13(19)18-11-5-3-10(4-6-11)14(15,16)17/h2-7H,8H2,1H3,(H,18,19). The molecule has 2 aromatic rings. The van der Waals surface area contributed by atoms with E-state index in [1.807, 2.05) is 19.1 Å². The van der Waals surface area contributed by atoms with Crippen LogP contribution in [0.3, 0.4) is 0 Å². The Hall–Kier alpha value is -0.740. The molecule has 1 heterocycles. The molecule has 0 unspecified atom stereocenters. The minimum absolute atomic E-state index is 0.0616. The second-order valence-corrected chi connectivity index (χ2v) is 7.97. The van der Waals surface area contributed by atoms with Crippen LogP contribution in [-0.4, -0.2) is 5.91 Å². The predicted molar refractivity (Wildman–Crippen MR) is 87.1 cm³/mol. The maximum absolute atomic E-state index is 11.9. The summed E-state index contributed by atoms with van der Waals surface area (Å²) in [4.78, 5) is 14.1. The van der Waals surface area contributed by atoms with E-state index in [-0.39, 0.29) is 5.91 Å². The number of aryl methyl sites for hydroxylation is 1. The molecule has 1 N–H and O–H groups in total. The van der Waals surface area contributed by atoms with Crippen LogP contribution in [0.2, 0.25) is 0 Å². The highest BCUT2D eigenvalue weighted by Crippen LogP contribution is 2.38. The first-order valence-electron chi connectivity index (χ1n) is 5.87. The molecule has 2 rings (SSSR count). The first-order chi connectivity index (χ1) is 9.34. The molecule has 0 atom stereocenters. The summed E-state index contributed by atoms with van der Waals surface area (Å²) in [5.74, 6) is -0.0616. The fourth-order valence-electron chi connectivity index (χ4n) is 1.69. The Morgan fingerprint density at radius 3 is 2.30 bits per heavy atom. The summed E-state index contributed by atoms with van der Waals surface area (Å²) in [7, 11) is 0. The number of nitrogens with one attached hydrogen (secondary N) is 1. The lowest BCUT2D eigenvalue weighted by molar-refractivity contribution is -0.115. The number of halogens is 3. The quantitative estimate of drug-likeness (QED) is 0.771. The molecular formula is C14H12Cl3NOS. The smallest absolute Gasteiger partial charge is 0.229 e. The molecule has 1 aromatic heterocycles. The van der Waals surface area contributed by atoms with Gasteiger partial charge in [-0.15, -0.1) is 11.3 Å². The summed E-state index contributed by atoms with van der Waals surface area (Å²) in [5.41, 5.74) is 1.25. The van der Waals surface area contributed by atoms with Crippen LogP contribution in [0.15, 0.2) is 36.4 Å². The van der Waals surface area contributed by atoms with E-state index in [4.69, 9.17) is 34.8 Å². The summed E-state index contributed by atoms with van der Waals surface area (Å²) in [6, 6.07) is 10.8. The van der Waals surface area contributed by atoms with Crippen molar-refractivity contribution in [3.8, 4) is 0 Å². The highest BCUT2D eigenvalue weighted by molar-refractivity contribution is 7.12. The van der Waals surface area contributed by atoms with Crippen LogP contribution in [0.1, 0.15) is 15.3 Å². The number of alkyl halides is 3. The van der Waals surface area contributed by atoms with Crippen molar-refractivity contribution in [2.45, 2.75) is 17.1 Å². The summed E-state index contributed by atoms with van der Waals surface area (Å²) >= 11 is 18.9. The minimum atomic E-state index is -1.45. The van der Waals surface area contributed by atoms with Gasteiger partial charge >= 0.3 is 0 Å². The molecule has 1 aromatic carbocycles. The van der Waals surface area contributed by atoms with Crippen molar-refractivity contribution >= 4 is 57.7 Å². The zero-order chi connectivity index (χ0) is 14.8. The lowest BCUT2D eigenvalue weighted by Crippen LogP contribution is -2.13. The zero-order valence-corrected chi connectivity index (χ0v) is 13.7. The fraction of sp³-hybridized carbons (Fsp3) is 0.214. The molecule has 106 valence electrons. The van der Waals surface area contributed by atoms with Gasteiger partial charge in [0.1, 0.15) is 0 Å². The Morgan fingerprint density at radius 1 is 1.15 bits per heavy atom. The van der Waals surface area contributed by atoms with Crippen LogP contribution in [0.5, 0.6) is 0 Å². The van der Waals surface area contributed by atoms with Crippen LogP contribution in [0.25, 0.3) is 0 Å². The van der Waals surface area contributed by atoms with Gasteiger partial charge in [0.2, 0.25) is 9.70 Å². The van der Waals surface area contributed by atoms with Crippen molar-refractivity contribution in [3.05, 3.63) is 51.7 Å². The molecule has 0 spiro atoms. The Kier molecular flexibility index (Phi) is 4.97. The van der Waals surface area contributed by atoms with Gasteiger partial charge in [-0.25, -0.2) is 0 Å². The molecule has 2 nitrogen and oxygen atoms in total. The Morgan fingerprint density at radius 2 is 1.80 bits per heavy atom. The summed E-state index contributed by atoms with van der Waals surface area (Å²) in [6.45, 7) is 2.02. The van der Waals surface area contributed by atoms with E-state index in [2.05, 4.69) is 5.32 Å². The van der Waals surface area contributed by atoms with Crippen molar-refractivity contribution in [2.75, 3.05) is 5.32 Å². The van der Waals surface area contributed by atoms with E-state index in [9.17, 15) is 4.79 Å². The van der Waals surface area contributed by atoms with E-state index in [0.717, 1.165) is 4.88 Å². The SMILES string of the molecule is Cc1ccc(CC(=O)Nc2ccc(C(Cl)(Cl)Cl)cc2)s1. The number of benzene rings is 1. The van der Waals surface area contributed by atoms with Gasteiger partial charge < -0.3 is 5.32 Å². The molecule has 0 bridgehead atoms. The molecule has 0 saturated carbocycles. The molecule has 1 amide bonds. The van der Waals surface area contributed by atoms with Gasteiger partial charge in [-0.05, 0) is 31.2 Å². The number of carbonyl (C=O) groups excluding carboxylic acids is 1. The molecule has 0 aliphatic carbocycles. The molecular weight excluding hydrogens is 337 g/mol. The van der Waals surface area contributed by atoms with Crippen molar-refractivity contribution in [1.29, 1.82) is 0 Å². The van der Waals surface area contributed by atoms with Gasteiger partial charge in [0, 0.05) is 21.0 Å². The Labute approximate surface area is 136 Å². The molecule has 0 fully saturated rings. The number of amides is 1. The fourth-order valence-corrected chi connectivity index (χ4v) is 2.95. The molecule has 20 heavy (non-hydrogen) atoms. The van der Waals surface area contributed by atoms with Crippen LogP contribution >= 0.6 is 46.1 Å². The maximum Gasteiger partial charge on any atom is 0.229 e. The zero-order valence-electron chi connectivity index (χ0n) is 10.6. The van der Waals surface area contributed by atoms with Crippen LogP contribution in [-0.2, 0) is 15.0 Å². The molecule has 0 aliphatic rings. The van der Waals surface area contributed by atoms with Gasteiger partial charge in [-0.2, -0.15) is 0 Å². The van der Waals surface area contributed by atoms with Crippen molar-refractivity contribution in [3.63, 3.8) is 0 Å². The van der Waals surface area contributed by atoms with Gasteiger partial charge in [-0.1, -0.05) is 46.9 Å². The van der Waals surface area contributed by atoms with Gasteiger partial charge in [0.05, 0.1) is 6.42 Å². The van der Waals surface area contributed by atoms with Gasteiger partial charge in [0.25, 0.3) is 0 Å². The topological polar surface area (TPSA) is 29.1 Å². The average molecular weight is 349 g/mol. The minimum Gasteiger partial charge on any atom is -0.326 e. The van der Waals surface area contributed by atoms with E-state index in [0.29, 0.717) is 17.7 Å². The molecule has 0 aliphatic heterocycles. The summed E-state index contributed by atoms with van der Waals surface area (Å²) in [6.07, 6.45) is 0.366. The van der Waals surface area contributed by atoms with Crippen LogP contribution < -0.4 is 5.32 Å². The second-order valence-electron chi connectivity index (χ2n) is 4.31. The van der Waals surface area contributed by atoms with Crippen LogP contribution in [0, 0.1) is 6.92 Å². The van der Waals surface area contributed by atoms with Crippen molar-refractivity contribution in [2.24, 2.45) is 0 Å². The van der Waals surface area contributed by atoms with E-state index < -0.39 is 3.79 Å². The third-order valence-electron chi connectivity index (χ3n) is 2.63. The largest absolute Gasteiger partial charge is 0.326 e. The monoisotopic (exact) mass is 347 g/mol. The molecule has 0 radical (unpaired) electrons. The lowest BCUT2D eigenvalue weighted by Gasteiger charge is -2.12. The van der Waals surface area contributed by atoms with E-state index >= 15 is 0 Å². The van der Waals surface area contributed by atoms with Crippen molar-refractivity contribution < 1.29 is 4.79 Å². The highest BCUT2D eigenvalue weighted by atomic mass is 35.6. The normalized spacial score (nSPS) is 11.4. The third-order valence-corrected chi connectivity index (χ3v) is 4.28. The Bertz CT molecular complexity index is 602. The number of hydrogen-bond donors (Lipinski definition) is 1. The molecule has 6 heteroatoms. The summed E-state index contributed by atoms with van der Waals surface area (Å²) in [5, 5.41) is 2.82. The van der Waals surface area contributed by atoms with Gasteiger partial charge in [0.15, 0.2) is 0 Å². The highest BCUT2D eigenvalue weighted by Gasteiger charge is 2.22. The van der Waals surface area contributed by atoms with Crippen molar-refractivity contribution in [1.82, 2.24) is 0 Å². The number of anilines is 1. The van der Waals surface area contributed by atoms with E-state index in [1.54, 1.807) is 35.6 Å². The average Bonchev–Trinajstić information content (AvgIpc) is 2.74. The predicted octanol–water partition coefficient (Wildman–Crippen LogP) is 5.06. The van der Waals surface area contributed by atoms with Crippen LogP contribution in [0.4, 0.5) is 5.69 Å². The number of rotatable bonds is 3. The maximum atomic E-state index is 11.9. The Balaban J connectivity index is 1.98. The first-order valence-corrected chi connectivity index (χ1v) is 7.82.